The number of benzene rings is 1. The molecule has 1 fully saturated rings. The average Bonchev–Trinajstić information content (AvgIpc) is 2.77. The lowest BCUT2D eigenvalue weighted by Crippen LogP contribution is -2.49. The molecule has 0 radical (unpaired) electrons. The summed E-state index contributed by atoms with van der Waals surface area (Å²) < 4.78 is 5.22. The summed E-state index contributed by atoms with van der Waals surface area (Å²) in [5, 5.41) is 0. The number of hydrogen-bond acceptors (Lipinski definition) is 6. The van der Waals surface area contributed by atoms with E-state index in [1.165, 1.54) is 0 Å². The quantitative estimate of drug-likeness (QED) is 0.733. The van der Waals surface area contributed by atoms with Gasteiger partial charge in [0.2, 0.25) is 5.95 Å². The summed E-state index contributed by atoms with van der Waals surface area (Å²) in [4.78, 5) is 27.9. The highest BCUT2D eigenvalue weighted by atomic mass is 16.5. The summed E-state index contributed by atoms with van der Waals surface area (Å²) in [6.07, 6.45) is 3.86. The molecule has 1 saturated heterocycles. The maximum absolute atomic E-state index is 12.9. The summed E-state index contributed by atoms with van der Waals surface area (Å²) in [5.41, 5.74) is 1.61. The predicted molar refractivity (Wildman–Crippen MR) is 111 cm³/mol. The molecule has 0 bridgehead atoms. The first-order valence-electron chi connectivity index (χ1n) is 9.85. The minimum atomic E-state index is -0.0260. The van der Waals surface area contributed by atoms with E-state index in [4.69, 9.17) is 4.74 Å². The third kappa shape index (κ3) is 4.71. The lowest BCUT2D eigenvalue weighted by atomic mass is 10.2. The molecule has 1 aliphatic rings. The van der Waals surface area contributed by atoms with Crippen LogP contribution in [-0.2, 0) is 0 Å². The van der Waals surface area contributed by atoms with Gasteiger partial charge in [-0.1, -0.05) is 13.3 Å². The van der Waals surface area contributed by atoms with Gasteiger partial charge in [-0.25, -0.2) is 9.97 Å². The number of unbranched alkanes of at least 4 members (excludes halogenated alkanes) is 1. The van der Waals surface area contributed by atoms with E-state index in [-0.39, 0.29) is 5.91 Å². The topological polar surface area (TPSA) is 61.8 Å². The fourth-order valence-electron chi connectivity index (χ4n) is 3.27. The zero-order valence-corrected chi connectivity index (χ0v) is 17.0. The van der Waals surface area contributed by atoms with E-state index in [1.807, 2.05) is 29.0 Å². The van der Waals surface area contributed by atoms with Crippen LogP contribution in [0.3, 0.4) is 0 Å². The van der Waals surface area contributed by atoms with E-state index >= 15 is 0 Å². The molecule has 0 unspecified atom stereocenters. The normalized spacial score (nSPS) is 14.1. The second-order valence-electron chi connectivity index (χ2n) is 6.99. The van der Waals surface area contributed by atoms with Gasteiger partial charge in [0, 0.05) is 51.7 Å². The molecule has 0 saturated carbocycles. The largest absolute Gasteiger partial charge is 0.497 e. The Morgan fingerprint density at radius 1 is 1.14 bits per heavy atom. The van der Waals surface area contributed by atoms with E-state index in [0.29, 0.717) is 24.7 Å². The molecule has 0 atom stereocenters. The second kappa shape index (κ2) is 9.39. The van der Waals surface area contributed by atoms with Crippen LogP contribution in [-0.4, -0.2) is 67.7 Å². The van der Waals surface area contributed by atoms with E-state index < -0.39 is 0 Å². The minimum Gasteiger partial charge on any atom is -0.497 e. The number of methoxy groups -OCH3 is 1. The van der Waals surface area contributed by atoms with Gasteiger partial charge in [-0.2, -0.15) is 0 Å². The van der Waals surface area contributed by atoms with Crippen LogP contribution in [0.2, 0.25) is 0 Å². The van der Waals surface area contributed by atoms with Crippen molar-refractivity contribution in [3.05, 3.63) is 42.2 Å². The first kappa shape index (κ1) is 19.9. The molecule has 2 aromatic rings. The van der Waals surface area contributed by atoms with Crippen molar-refractivity contribution < 1.29 is 9.53 Å². The van der Waals surface area contributed by atoms with Crippen LogP contribution in [0.4, 0.5) is 11.6 Å². The summed E-state index contributed by atoms with van der Waals surface area (Å²) in [7, 11) is 3.63. The minimum absolute atomic E-state index is 0.0260. The fourth-order valence-corrected chi connectivity index (χ4v) is 3.27. The highest BCUT2D eigenvalue weighted by Crippen LogP contribution is 2.21. The summed E-state index contributed by atoms with van der Waals surface area (Å²) in [6, 6.07) is 9.74. The molecule has 0 spiro atoms. The van der Waals surface area contributed by atoms with Crippen molar-refractivity contribution in [2.75, 3.05) is 56.7 Å². The van der Waals surface area contributed by atoms with Gasteiger partial charge in [-0.05, 0) is 36.8 Å². The number of amides is 1. The Labute approximate surface area is 166 Å². The van der Waals surface area contributed by atoms with Gasteiger partial charge in [0.05, 0.1) is 7.11 Å². The number of carbonyl (C=O) groups is 1. The Hall–Kier alpha value is -2.83. The molecule has 0 N–H and O–H groups in total. The SMILES string of the molecule is CCCCN(C)c1nccc(C(=O)N2CCN(c3ccc(OC)cc3)CC2)n1. The molecule has 150 valence electrons. The standard InChI is InChI=1S/C21H29N5O2/c1-4-5-12-24(2)21-22-11-10-19(23-21)20(27)26-15-13-25(14-16-26)17-6-8-18(28-3)9-7-17/h6-11H,4-5,12-16H2,1-3H3. The number of hydrogen-bond donors (Lipinski definition) is 0. The van der Waals surface area contributed by atoms with Gasteiger partial charge < -0.3 is 19.4 Å². The molecule has 1 aromatic heterocycles. The number of ether oxygens (including phenoxy) is 1. The van der Waals surface area contributed by atoms with Crippen LogP contribution in [0, 0.1) is 0 Å². The molecule has 7 nitrogen and oxygen atoms in total. The number of piperazine rings is 1. The van der Waals surface area contributed by atoms with E-state index in [9.17, 15) is 4.79 Å². The molecule has 3 rings (SSSR count). The average molecular weight is 383 g/mol. The van der Waals surface area contributed by atoms with Crippen molar-refractivity contribution in [2.45, 2.75) is 19.8 Å². The molecule has 28 heavy (non-hydrogen) atoms. The highest BCUT2D eigenvalue weighted by Gasteiger charge is 2.23. The third-order valence-electron chi connectivity index (χ3n) is 5.05. The van der Waals surface area contributed by atoms with Crippen molar-refractivity contribution in [2.24, 2.45) is 0 Å². The van der Waals surface area contributed by atoms with E-state index in [0.717, 1.165) is 43.9 Å². The third-order valence-corrected chi connectivity index (χ3v) is 5.05. The Morgan fingerprint density at radius 3 is 2.50 bits per heavy atom. The highest BCUT2D eigenvalue weighted by molar-refractivity contribution is 5.92. The van der Waals surface area contributed by atoms with Crippen LogP contribution in [0.1, 0.15) is 30.3 Å². The summed E-state index contributed by atoms with van der Waals surface area (Å²) >= 11 is 0. The zero-order valence-electron chi connectivity index (χ0n) is 17.0. The molecule has 1 amide bonds. The molecule has 2 heterocycles. The number of carbonyl (C=O) groups excluding carboxylic acids is 1. The van der Waals surface area contributed by atoms with Gasteiger partial charge in [-0.3, -0.25) is 4.79 Å². The van der Waals surface area contributed by atoms with Crippen molar-refractivity contribution in [1.29, 1.82) is 0 Å². The Bertz CT molecular complexity index is 773. The lowest BCUT2D eigenvalue weighted by molar-refractivity contribution is 0.0740. The molecule has 0 aliphatic carbocycles. The fraction of sp³-hybridized carbons (Fsp3) is 0.476. The number of aromatic nitrogens is 2. The van der Waals surface area contributed by atoms with Crippen molar-refractivity contribution >= 4 is 17.5 Å². The maximum Gasteiger partial charge on any atom is 0.272 e. The van der Waals surface area contributed by atoms with Crippen LogP contribution < -0.4 is 14.5 Å². The van der Waals surface area contributed by atoms with Crippen LogP contribution in [0.5, 0.6) is 5.75 Å². The van der Waals surface area contributed by atoms with Crippen molar-refractivity contribution in [3.63, 3.8) is 0 Å². The van der Waals surface area contributed by atoms with E-state index in [2.05, 4.69) is 33.9 Å². The van der Waals surface area contributed by atoms with Crippen LogP contribution in [0.25, 0.3) is 0 Å². The van der Waals surface area contributed by atoms with Gasteiger partial charge in [0.15, 0.2) is 0 Å². The van der Waals surface area contributed by atoms with E-state index in [1.54, 1.807) is 19.4 Å². The first-order chi connectivity index (χ1) is 13.6. The number of nitrogens with zero attached hydrogens (tertiary/aromatic N) is 5. The zero-order chi connectivity index (χ0) is 19.9. The Morgan fingerprint density at radius 2 is 1.86 bits per heavy atom. The molecular weight excluding hydrogens is 354 g/mol. The first-order valence-corrected chi connectivity index (χ1v) is 9.85. The molecule has 7 heteroatoms. The van der Waals surface area contributed by atoms with Crippen LogP contribution in [0.15, 0.2) is 36.5 Å². The summed E-state index contributed by atoms with van der Waals surface area (Å²) in [6.45, 7) is 5.99. The van der Waals surface area contributed by atoms with Crippen molar-refractivity contribution in [3.8, 4) is 5.75 Å². The van der Waals surface area contributed by atoms with Gasteiger partial charge in [0.1, 0.15) is 11.4 Å². The number of rotatable bonds is 7. The Balaban J connectivity index is 1.60. The van der Waals surface area contributed by atoms with Crippen LogP contribution >= 0.6 is 0 Å². The smallest absolute Gasteiger partial charge is 0.272 e. The number of anilines is 2. The Kier molecular flexibility index (Phi) is 6.68. The van der Waals surface area contributed by atoms with Gasteiger partial charge in [-0.15, -0.1) is 0 Å². The summed E-state index contributed by atoms with van der Waals surface area (Å²) in [5.74, 6) is 1.43. The monoisotopic (exact) mass is 383 g/mol. The second-order valence-corrected chi connectivity index (χ2v) is 6.99. The van der Waals surface area contributed by atoms with Gasteiger partial charge in [0.25, 0.3) is 5.91 Å². The van der Waals surface area contributed by atoms with Crippen molar-refractivity contribution in [1.82, 2.24) is 14.9 Å². The predicted octanol–water partition coefficient (Wildman–Crippen LogP) is 2.68. The lowest BCUT2D eigenvalue weighted by Gasteiger charge is -2.36. The molecular formula is C21H29N5O2. The maximum atomic E-state index is 12.9. The molecule has 1 aromatic carbocycles. The van der Waals surface area contributed by atoms with Gasteiger partial charge >= 0.3 is 0 Å². The molecule has 1 aliphatic heterocycles.